The van der Waals surface area contributed by atoms with Crippen LogP contribution in [0.1, 0.15) is 29.6 Å². The van der Waals surface area contributed by atoms with Crippen LogP contribution >= 0.6 is 0 Å². The molecule has 0 unspecified atom stereocenters. The van der Waals surface area contributed by atoms with E-state index in [1.54, 1.807) is 24.3 Å². The minimum Gasteiger partial charge on any atom is -0.483 e. The van der Waals surface area contributed by atoms with Gasteiger partial charge in [-0.05, 0) is 39.1 Å². The van der Waals surface area contributed by atoms with E-state index < -0.39 is 5.91 Å². The van der Waals surface area contributed by atoms with Crippen LogP contribution in [0.5, 0.6) is 5.75 Å². The Morgan fingerprint density at radius 3 is 2.74 bits per heavy atom. The van der Waals surface area contributed by atoms with Crippen LogP contribution < -0.4 is 10.5 Å². The molecule has 1 fully saturated rings. The van der Waals surface area contributed by atoms with Crippen molar-refractivity contribution in [2.24, 2.45) is 5.73 Å². The third-order valence-electron chi connectivity index (χ3n) is 4.23. The summed E-state index contributed by atoms with van der Waals surface area (Å²) in [6, 6.07) is 7.08. The van der Waals surface area contributed by atoms with E-state index in [1.807, 2.05) is 19.0 Å². The molecule has 1 saturated heterocycles. The van der Waals surface area contributed by atoms with E-state index in [1.165, 1.54) is 0 Å². The first-order valence-corrected chi connectivity index (χ1v) is 7.95. The molecule has 0 aromatic heterocycles. The minimum atomic E-state index is -0.560. The predicted octanol–water partition coefficient (Wildman–Crippen LogP) is 1.11. The van der Waals surface area contributed by atoms with Crippen LogP contribution in [-0.4, -0.2) is 61.4 Å². The quantitative estimate of drug-likeness (QED) is 0.882. The van der Waals surface area contributed by atoms with E-state index in [0.29, 0.717) is 23.9 Å². The van der Waals surface area contributed by atoms with Crippen LogP contribution in [0.3, 0.4) is 0 Å². The molecular weight excluding hydrogens is 294 g/mol. The number of ether oxygens (including phenoxy) is 1. The second-order valence-electron chi connectivity index (χ2n) is 6.10. The van der Waals surface area contributed by atoms with E-state index in [-0.39, 0.29) is 12.5 Å². The van der Waals surface area contributed by atoms with Gasteiger partial charge < -0.3 is 20.3 Å². The summed E-state index contributed by atoms with van der Waals surface area (Å²) in [4.78, 5) is 27.8. The van der Waals surface area contributed by atoms with Crippen molar-refractivity contribution < 1.29 is 14.3 Å². The van der Waals surface area contributed by atoms with Gasteiger partial charge in [-0.15, -0.1) is 0 Å². The Kier molecular flexibility index (Phi) is 5.98. The molecule has 1 aliphatic heterocycles. The fourth-order valence-electron chi connectivity index (χ4n) is 2.79. The Balaban J connectivity index is 1.97. The van der Waals surface area contributed by atoms with Gasteiger partial charge in [0.05, 0.1) is 5.56 Å². The molecule has 0 bridgehead atoms. The topological polar surface area (TPSA) is 75.9 Å². The Labute approximate surface area is 137 Å². The van der Waals surface area contributed by atoms with Crippen molar-refractivity contribution in [3.63, 3.8) is 0 Å². The van der Waals surface area contributed by atoms with Gasteiger partial charge in [-0.3, -0.25) is 9.59 Å². The summed E-state index contributed by atoms with van der Waals surface area (Å²) in [5, 5.41) is 0. The molecule has 0 spiro atoms. The number of para-hydroxylation sites is 1. The van der Waals surface area contributed by atoms with Crippen LogP contribution in [0, 0.1) is 0 Å². The Bertz CT molecular complexity index is 560. The van der Waals surface area contributed by atoms with E-state index in [4.69, 9.17) is 10.5 Å². The highest BCUT2D eigenvalue weighted by molar-refractivity contribution is 5.95. The summed E-state index contributed by atoms with van der Waals surface area (Å²) in [5.74, 6) is -0.263. The Hall–Kier alpha value is -2.08. The lowest BCUT2D eigenvalue weighted by molar-refractivity contribution is -0.133. The zero-order chi connectivity index (χ0) is 16.8. The smallest absolute Gasteiger partial charge is 0.260 e. The Morgan fingerprint density at radius 2 is 2.04 bits per heavy atom. The number of carbonyl (C=O) groups excluding carboxylic acids is 2. The lowest BCUT2D eigenvalue weighted by Crippen LogP contribution is -2.43. The summed E-state index contributed by atoms with van der Waals surface area (Å²) in [7, 11) is 4.08. The van der Waals surface area contributed by atoms with E-state index in [2.05, 4.69) is 4.90 Å². The fourth-order valence-corrected chi connectivity index (χ4v) is 2.79. The third-order valence-corrected chi connectivity index (χ3v) is 4.23. The molecule has 2 N–H and O–H groups in total. The highest BCUT2D eigenvalue weighted by Crippen LogP contribution is 2.18. The molecule has 6 heteroatoms. The molecule has 23 heavy (non-hydrogen) atoms. The van der Waals surface area contributed by atoms with E-state index >= 15 is 0 Å². The first kappa shape index (κ1) is 17.3. The zero-order valence-corrected chi connectivity index (χ0v) is 13.8. The number of hydrogen-bond donors (Lipinski definition) is 1. The van der Waals surface area contributed by atoms with Crippen molar-refractivity contribution >= 4 is 11.8 Å². The monoisotopic (exact) mass is 319 g/mol. The second kappa shape index (κ2) is 7.97. The normalized spacial score (nSPS) is 18.6. The maximum Gasteiger partial charge on any atom is 0.260 e. The van der Waals surface area contributed by atoms with Crippen molar-refractivity contribution in [1.82, 2.24) is 9.80 Å². The number of nitrogens with zero attached hydrogens (tertiary/aromatic N) is 2. The van der Waals surface area contributed by atoms with Crippen LogP contribution in [0.2, 0.25) is 0 Å². The van der Waals surface area contributed by atoms with Gasteiger partial charge in [-0.1, -0.05) is 18.6 Å². The highest BCUT2D eigenvalue weighted by Gasteiger charge is 2.23. The molecule has 6 nitrogen and oxygen atoms in total. The van der Waals surface area contributed by atoms with Gasteiger partial charge >= 0.3 is 0 Å². The minimum absolute atomic E-state index is 0.0574. The summed E-state index contributed by atoms with van der Waals surface area (Å²) in [6.07, 6.45) is 3.23. The van der Waals surface area contributed by atoms with Gasteiger partial charge in [0.15, 0.2) is 6.61 Å². The van der Waals surface area contributed by atoms with Gasteiger partial charge in [-0.25, -0.2) is 0 Å². The summed E-state index contributed by atoms with van der Waals surface area (Å²) in [5.41, 5.74) is 5.61. The van der Waals surface area contributed by atoms with Crippen molar-refractivity contribution in [3.05, 3.63) is 29.8 Å². The molecule has 2 rings (SSSR count). The fraction of sp³-hybridized carbons (Fsp3) is 0.529. The molecule has 126 valence electrons. The maximum absolute atomic E-state index is 12.4. The highest BCUT2D eigenvalue weighted by atomic mass is 16.5. The number of carbonyl (C=O) groups is 2. The predicted molar refractivity (Wildman–Crippen MR) is 88.4 cm³/mol. The van der Waals surface area contributed by atoms with Gasteiger partial charge in [0, 0.05) is 19.1 Å². The van der Waals surface area contributed by atoms with Gasteiger partial charge in [0.1, 0.15) is 5.75 Å². The van der Waals surface area contributed by atoms with Gasteiger partial charge in [0.2, 0.25) is 0 Å². The van der Waals surface area contributed by atoms with E-state index in [0.717, 1.165) is 25.8 Å². The largest absolute Gasteiger partial charge is 0.483 e. The number of nitrogens with two attached hydrogens (primary N) is 1. The standard InChI is InChI=1S/C17H25N3O3/c1-19(2)13-7-5-6-10-20(11-13)16(21)12-23-15-9-4-3-8-14(15)17(18)22/h3-4,8-9,13H,5-7,10-12H2,1-2H3,(H2,18,22)/t13-/m0/s1. The van der Waals surface area contributed by atoms with Crippen molar-refractivity contribution in [3.8, 4) is 5.75 Å². The number of amides is 2. The molecule has 1 aromatic rings. The number of likely N-dealkylation sites (tertiary alicyclic amines) is 1. The number of likely N-dealkylation sites (N-methyl/N-ethyl adjacent to an activating group) is 1. The van der Waals surface area contributed by atoms with Crippen LogP contribution in [0.4, 0.5) is 0 Å². The van der Waals surface area contributed by atoms with Crippen LogP contribution in [0.25, 0.3) is 0 Å². The first-order valence-electron chi connectivity index (χ1n) is 7.95. The van der Waals surface area contributed by atoms with Crippen LogP contribution in [0.15, 0.2) is 24.3 Å². The van der Waals surface area contributed by atoms with Gasteiger partial charge in [0.25, 0.3) is 11.8 Å². The lowest BCUT2D eigenvalue weighted by Gasteiger charge is -2.28. The summed E-state index contributed by atoms with van der Waals surface area (Å²) < 4.78 is 5.54. The molecule has 0 radical (unpaired) electrons. The second-order valence-corrected chi connectivity index (χ2v) is 6.10. The molecule has 1 aliphatic rings. The molecule has 0 aliphatic carbocycles. The third kappa shape index (κ3) is 4.69. The molecule has 0 saturated carbocycles. The average Bonchev–Trinajstić information content (AvgIpc) is 2.79. The summed E-state index contributed by atoms with van der Waals surface area (Å²) in [6.45, 7) is 1.39. The Morgan fingerprint density at radius 1 is 1.30 bits per heavy atom. The molecular formula is C17H25N3O3. The van der Waals surface area contributed by atoms with Crippen molar-refractivity contribution in [2.45, 2.75) is 25.3 Å². The summed E-state index contributed by atoms with van der Waals surface area (Å²) >= 11 is 0. The number of primary amides is 1. The van der Waals surface area contributed by atoms with Gasteiger partial charge in [-0.2, -0.15) is 0 Å². The zero-order valence-electron chi connectivity index (χ0n) is 13.8. The maximum atomic E-state index is 12.4. The average molecular weight is 319 g/mol. The molecule has 1 aromatic carbocycles. The number of benzene rings is 1. The number of rotatable bonds is 5. The van der Waals surface area contributed by atoms with Crippen molar-refractivity contribution in [2.75, 3.05) is 33.8 Å². The van der Waals surface area contributed by atoms with E-state index in [9.17, 15) is 9.59 Å². The number of hydrogen-bond acceptors (Lipinski definition) is 4. The van der Waals surface area contributed by atoms with Crippen LogP contribution in [-0.2, 0) is 4.79 Å². The molecule has 1 atom stereocenters. The first-order chi connectivity index (χ1) is 11.0. The SMILES string of the molecule is CN(C)[C@H]1CCCCN(C(=O)COc2ccccc2C(N)=O)C1. The lowest BCUT2D eigenvalue weighted by atomic mass is 10.1. The van der Waals surface area contributed by atoms with Crippen molar-refractivity contribution in [1.29, 1.82) is 0 Å². The molecule has 1 heterocycles. The molecule has 2 amide bonds.